The Labute approximate surface area is 356 Å². The van der Waals surface area contributed by atoms with E-state index in [0.29, 0.717) is 6.42 Å². The van der Waals surface area contributed by atoms with Crippen molar-refractivity contribution in [2.75, 3.05) is 35.0 Å². The molecule has 1 amide bonds. The first-order valence-electron chi connectivity index (χ1n) is 21.2. The Morgan fingerprint density at radius 3 is 2.03 bits per heavy atom. The Kier molecular flexibility index (Phi) is 18.3. The van der Waals surface area contributed by atoms with Crippen LogP contribution < -0.4 is 11.1 Å². The number of esters is 2. The van der Waals surface area contributed by atoms with Crippen molar-refractivity contribution in [3.63, 3.8) is 0 Å². The number of aliphatic hydroxyl groups is 2. The van der Waals surface area contributed by atoms with Gasteiger partial charge in [0.05, 0.1) is 54.7 Å². The predicted molar refractivity (Wildman–Crippen MR) is 217 cm³/mol. The van der Waals surface area contributed by atoms with E-state index < -0.39 is 114 Å². The number of alkyl carbamates (subject to hydrolysis) is 1. The summed E-state index contributed by atoms with van der Waals surface area (Å²) in [6.07, 6.45) is -10.1. The van der Waals surface area contributed by atoms with Crippen molar-refractivity contribution in [2.24, 2.45) is 29.4 Å². The molecule has 0 aliphatic carbocycles. The number of carbonyl (C=O) groups is 4. The van der Waals surface area contributed by atoms with Crippen molar-refractivity contribution in [1.82, 2.24) is 10.2 Å². The molecule has 0 aromatic carbocycles. The molecule has 348 valence electrons. The van der Waals surface area contributed by atoms with Crippen molar-refractivity contribution in [3.05, 3.63) is 0 Å². The monoisotopic (exact) mass is 862 g/mol. The highest BCUT2D eigenvalue weighted by atomic mass is 16.7. The molecule has 5 N–H and O–H groups in total. The van der Waals surface area contributed by atoms with Crippen molar-refractivity contribution in [3.8, 4) is 0 Å². The van der Waals surface area contributed by atoms with Crippen LogP contribution in [0, 0.1) is 23.7 Å². The van der Waals surface area contributed by atoms with Gasteiger partial charge in [-0.3, -0.25) is 14.4 Å². The zero-order chi connectivity index (χ0) is 45.7. The second-order valence-corrected chi connectivity index (χ2v) is 18.0. The lowest BCUT2D eigenvalue weighted by atomic mass is 9.74. The summed E-state index contributed by atoms with van der Waals surface area (Å²) in [6.45, 7) is 18.0. The van der Waals surface area contributed by atoms with Crippen LogP contribution in [-0.4, -0.2) is 158 Å². The van der Waals surface area contributed by atoms with E-state index in [4.69, 9.17) is 48.4 Å². The average molecular weight is 862 g/mol. The average Bonchev–Trinajstić information content (AvgIpc) is 3.17. The van der Waals surface area contributed by atoms with Gasteiger partial charge in [0, 0.05) is 45.3 Å². The van der Waals surface area contributed by atoms with E-state index in [9.17, 15) is 29.4 Å². The van der Waals surface area contributed by atoms with Gasteiger partial charge in [0.15, 0.2) is 24.8 Å². The highest BCUT2D eigenvalue weighted by Crippen LogP contribution is 2.42. The smallest absolute Gasteiger partial charge is 0.408 e. The number of ketones is 1. The SMILES string of the molecule is CC[C@@H]1OC(=O)[C@H](C)[C@@H](O[C@H]2C[C@@](C)(OC)[C@@H](OC(=O)NCN)[C@H](C)O2)[C@@H](C)C(O[C@@H]2O[C@H](C)C[C@H](N(C)C)[C@H]2OC(C)=O)[C@](C)(OC)C[C@@H](C)C(=O)[C@@H](C)[C@H](O)[C@]1(C)O. The summed E-state index contributed by atoms with van der Waals surface area (Å²) in [6, 6.07) is -0.307. The highest BCUT2D eigenvalue weighted by Gasteiger charge is 2.55. The number of rotatable bonds is 11. The molecule has 0 saturated carbocycles. The van der Waals surface area contributed by atoms with Crippen LogP contribution in [0.5, 0.6) is 0 Å². The number of aliphatic hydroxyl groups excluding tert-OH is 1. The Hall–Kier alpha value is -2.52. The minimum atomic E-state index is -2.02. The van der Waals surface area contributed by atoms with E-state index in [-0.39, 0.29) is 43.9 Å². The number of amides is 1. The summed E-state index contributed by atoms with van der Waals surface area (Å²) in [5, 5.41) is 25.7. The van der Waals surface area contributed by atoms with E-state index in [2.05, 4.69) is 5.32 Å². The minimum absolute atomic E-state index is 0.0384. The van der Waals surface area contributed by atoms with Gasteiger partial charge in [-0.1, -0.05) is 27.7 Å². The lowest BCUT2D eigenvalue weighted by Crippen LogP contribution is -2.62. The number of ether oxygens (including phenoxy) is 9. The lowest BCUT2D eigenvalue weighted by molar-refractivity contribution is -0.320. The topological polar surface area (TPSA) is 233 Å². The standard InChI is InChI=1S/C42H75N3O15/c1-16-29-42(11,51)34(48)23(4)31(47)21(2)18-40(9,52-14)35(59-38-33(56-27(8)46)28(45(12)13)17-22(3)54-38)24(5)32(25(6)37(49)57-29)58-30-19-41(10,53-15)36(26(7)55-30)60-39(50)44-20-43/h21-26,28-30,32-36,38,48,51H,16-20,43H2,1-15H3,(H,44,50)/t21-,22-,23-,24-,25-,26+,28+,29+,30+,32+,33-,34+,35?,36+,38+,40-,41-,42-/m1/s1. The van der Waals surface area contributed by atoms with E-state index in [1.807, 2.05) is 32.8 Å². The number of carbonyl (C=O) groups excluding carboxylic acids is 4. The van der Waals surface area contributed by atoms with Crippen molar-refractivity contribution in [2.45, 2.75) is 186 Å². The Balaban J connectivity index is 2.26. The van der Waals surface area contributed by atoms with Gasteiger partial charge in [0.1, 0.15) is 23.1 Å². The van der Waals surface area contributed by atoms with Gasteiger partial charge in [-0.05, 0) is 74.9 Å². The zero-order valence-corrected chi connectivity index (χ0v) is 38.4. The summed E-state index contributed by atoms with van der Waals surface area (Å²) < 4.78 is 56.6. The maximum absolute atomic E-state index is 14.4. The fraction of sp³-hybridized carbons (Fsp3) is 0.905. The van der Waals surface area contributed by atoms with Crippen LogP contribution in [0.25, 0.3) is 0 Å². The molecule has 0 bridgehead atoms. The summed E-state index contributed by atoms with van der Waals surface area (Å²) >= 11 is 0. The van der Waals surface area contributed by atoms with Crippen molar-refractivity contribution in [1.29, 1.82) is 0 Å². The number of cyclic esters (lactones) is 1. The molecular weight excluding hydrogens is 786 g/mol. The van der Waals surface area contributed by atoms with Crippen LogP contribution in [0.15, 0.2) is 0 Å². The molecule has 3 rings (SSSR count). The molecule has 0 aromatic heterocycles. The van der Waals surface area contributed by atoms with Crippen molar-refractivity contribution < 1.29 is 72.0 Å². The zero-order valence-electron chi connectivity index (χ0n) is 38.4. The van der Waals surface area contributed by atoms with Gasteiger partial charge in [-0.2, -0.15) is 0 Å². The summed E-state index contributed by atoms with van der Waals surface area (Å²) in [5.74, 6) is -5.37. The van der Waals surface area contributed by atoms with Crippen molar-refractivity contribution >= 4 is 23.8 Å². The number of nitrogens with two attached hydrogens (primary N) is 1. The number of Topliss-reactive ketones (excluding diaryl/α,β-unsaturated/α-hetero) is 1. The molecule has 3 fully saturated rings. The van der Waals surface area contributed by atoms with Gasteiger partial charge < -0.3 is 68.8 Å². The van der Waals surface area contributed by atoms with E-state index in [1.54, 1.807) is 41.5 Å². The van der Waals surface area contributed by atoms with Crippen LogP contribution in [0.2, 0.25) is 0 Å². The molecule has 3 aliphatic heterocycles. The summed E-state index contributed by atoms with van der Waals surface area (Å²) in [4.78, 5) is 55.6. The quantitative estimate of drug-likeness (QED) is 0.133. The normalized spacial score (nSPS) is 43.8. The van der Waals surface area contributed by atoms with Crippen LogP contribution in [0.4, 0.5) is 4.79 Å². The molecule has 1 unspecified atom stereocenters. The highest BCUT2D eigenvalue weighted by molar-refractivity contribution is 5.83. The Morgan fingerprint density at radius 1 is 0.900 bits per heavy atom. The molecule has 18 nitrogen and oxygen atoms in total. The third kappa shape index (κ3) is 11.7. The molecule has 3 aliphatic rings. The largest absolute Gasteiger partial charge is 0.459 e. The second kappa shape index (κ2) is 21.2. The van der Waals surface area contributed by atoms with Gasteiger partial charge in [0.25, 0.3) is 0 Å². The van der Waals surface area contributed by atoms with Gasteiger partial charge in [-0.25, -0.2) is 4.79 Å². The number of methoxy groups -OCH3 is 2. The molecule has 0 radical (unpaired) electrons. The van der Waals surface area contributed by atoms with Crippen LogP contribution in [0.1, 0.15) is 102 Å². The number of nitrogens with one attached hydrogen (secondary N) is 1. The number of hydrogen-bond acceptors (Lipinski definition) is 17. The first kappa shape index (κ1) is 51.8. The molecule has 3 saturated heterocycles. The molecule has 60 heavy (non-hydrogen) atoms. The molecule has 0 spiro atoms. The minimum Gasteiger partial charge on any atom is -0.459 e. The van der Waals surface area contributed by atoms with E-state index >= 15 is 0 Å². The number of hydrogen-bond donors (Lipinski definition) is 4. The molecule has 18 atom stereocenters. The molecule has 3 heterocycles. The lowest BCUT2D eigenvalue weighted by Gasteiger charge is -2.50. The van der Waals surface area contributed by atoms with Crippen LogP contribution >= 0.6 is 0 Å². The Bertz CT molecular complexity index is 1450. The van der Waals surface area contributed by atoms with Gasteiger partial charge >= 0.3 is 18.0 Å². The molecular formula is C42H75N3O15. The second-order valence-electron chi connectivity index (χ2n) is 18.0. The third-order valence-corrected chi connectivity index (χ3v) is 13.0. The summed E-state index contributed by atoms with van der Waals surface area (Å²) in [5.41, 5.74) is 1.01. The van der Waals surface area contributed by atoms with Gasteiger partial charge in [0.2, 0.25) is 0 Å². The summed E-state index contributed by atoms with van der Waals surface area (Å²) in [7, 11) is 6.71. The third-order valence-electron chi connectivity index (χ3n) is 13.0. The van der Waals surface area contributed by atoms with E-state index in [1.165, 1.54) is 35.0 Å². The maximum atomic E-state index is 14.4. The first-order chi connectivity index (χ1) is 27.8. The Morgan fingerprint density at radius 2 is 1.50 bits per heavy atom. The molecule has 0 aromatic rings. The van der Waals surface area contributed by atoms with E-state index in [0.717, 1.165) is 0 Å². The maximum Gasteiger partial charge on any atom is 0.408 e. The fourth-order valence-corrected chi connectivity index (χ4v) is 9.34. The predicted octanol–water partition coefficient (Wildman–Crippen LogP) is 2.66. The number of likely N-dealkylation sites (N-methyl/N-ethyl adjacent to an activating group) is 1. The van der Waals surface area contributed by atoms with Gasteiger partial charge in [-0.15, -0.1) is 0 Å². The fourth-order valence-electron chi connectivity index (χ4n) is 9.34. The number of nitrogens with zero attached hydrogens (tertiary/aromatic N) is 1. The van der Waals surface area contributed by atoms with Crippen LogP contribution in [-0.2, 0) is 57.0 Å². The molecule has 18 heteroatoms. The van der Waals surface area contributed by atoms with Crippen LogP contribution in [0.3, 0.4) is 0 Å². The first-order valence-corrected chi connectivity index (χ1v) is 21.2.